The Morgan fingerprint density at radius 1 is 0.471 bits per heavy atom. The molecule has 0 unspecified atom stereocenters. The summed E-state index contributed by atoms with van der Waals surface area (Å²) in [7, 11) is 0. The summed E-state index contributed by atoms with van der Waals surface area (Å²) in [6, 6.07) is 30.1. The molecule has 0 fully saturated rings. The van der Waals surface area contributed by atoms with E-state index >= 15 is 0 Å². The molecular formula is C44H32N6O. The predicted molar refractivity (Wildman–Crippen MR) is 206 cm³/mol. The maximum atomic E-state index is 6.48. The van der Waals surface area contributed by atoms with Crippen molar-refractivity contribution in [2.24, 2.45) is 0 Å². The molecule has 10 rings (SSSR count). The Balaban J connectivity index is 1.07. The van der Waals surface area contributed by atoms with Gasteiger partial charge in [-0.2, -0.15) is 0 Å². The van der Waals surface area contributed by atoms with Gasteiger partial charge in [-0.05, 0) is 96.5 Å². The third-order valence-electron chi connectivity index (χ3n) is 10.3. The molecule has 0 atom stereocenters. The minimum atomic E-state index is 0.610. The Hall–Kier alpha value is -6.60. The number of rotatable bonds is 4. The van der Waals surface area contributed by atoms with Gasteiger partial charge in [0.15, 0.2) is 0 Å². The number of hydrogen-bond acceptors (Lipinski definition) is 5. The molecular weight excluding hydrogens is 629 g/mol. The highest BCUT2D eigenvalue weighted by molar-refractivity contribution is 6.12. The first-order valence-corrected chi connectivity index (χ1v) is 17.1. The van der Waals surface area contributed by atoms with Crippen LogP contribution in [0.2, 0.25) is 0 Å². The molecule has 0 aliphatic carbocycles. The number of ether oxygens (including phenoxy) is 1. The summed E-state index contributed by atoms with van der Waals surface area (Å²) in [5, 5.41) is 3.94. The predicted octanol–water partition coefficient (Wildman–Crippen LogP) is 10.7. The molecule has 4 aromatic carbocycles. The highest BCUT2D eigenvalue weighted by atomic mass is 16.5. The molecule has 0 spiro atoms. The highest BCUT2D eigenvalue weighted by Gasteiger charge is 2.17. The normalized spacial score (nSPS) is 11.9. The summed E-state index contributed by atoms with van der Waals surface area (Å²) >= 11 is 0. The lowest BCUT2D eigenvalue weighted by molar-refractivity contribution is 0.480. The van der Waals surface area contributed by atoms with Gasteiger partial charge in [0, 0.05) is 46.3 Å². The molecule has 51 heavy (non-hydrogen) atoms. The number of hydrogen-bond donors (Lipinski definition) is 0. The molecule has 244 valence electrons. The lowest BCUT2D eigenvalue weighted by atomic mass is 9.94. The van der Waals surface area contributed by atoms with Crippen LogP contribution in [-0.2, 0) is 0 Å². The van der Waals surface area contributed by atoms with Gasteiger partial charge in [-0.3, -0.25) is 18.8 Å². The number of aromatic nitrogens is 6. The first-order valence-electron chi connectivity index (χ1n) is 17.1. The van der Waals surface area contributed by atoms with E-state index in [-0.39, 0.29) is 0 Å². The van der Waals surface area contributed by atoms with Gasteiger partial charge in [0.05, 0.1) is 34.5 Å². The Kier molecular flexibility index (Phi) is 6.30. The molecule has 6 heterocycles. The third kappa shape index (κ3) is 4.44. The van der Waals surface area contributed by atoms with E-state index in [1.54, 1.807) is 12.4 Å². The molecule has 10 aromatic rings. The van der Waals surface area contributed by atoms with Gasteiger partial charge in [-0.15, -0.1) is 0 Å². The second-order valence-corrected chi connectivity index (χ2v) is 13.5. The van der Waals surface area contributed by atoms with Crippen molar-refractivity contribution >= 4 is 54.9 Å². The van der Waals surface area contributed by atoms with E-state index < -0.39 is 0 Å². The van der Waals surface area contributed by atoms with Crippen molar-refractivity contribution in [1.82, 2.24) is 28.7 Å². The van der Waals surface area contributed by atoms with E-state index in [2.05, 4.69) is 109 Å². The average Bonchev–Trinajstić information content (AvgIpc) is 3.83. The fourth-order valence-electron chi connectivity index (χ4n) is 8.02. The summed E-state index contributed by atoms with van der Waals surface area (Å²) in [5.74, 6) is 1.22. The van der Waals surface area contributed by atoms with Crippen LogP contribution in [0.25, 0.3) is 77.2 Å². The zero-order chi connectivity index (χ0) is 34.4. The van der Waals surface area contributed by atoms with E-state index in [1.165, 1.54) is 44.5 Å². The molecule has 0 bridgehead atoms. The second-order valence-electron chi connectivity index (χ2n) is 13.5. The van der Waals surface area contributed by atoms with E-state index in [1.807, 2.05) is 36.9 Å². The Morgan fingerprint density at radius 2 is 0.902 bits per heavy atom. The maximum absolute atomic E-state index is 6.48. The third-order valence-corrected chi connectivity index (χ3v) is 10.3. The van der Waals surface area contributed by atoms with Crippen molar-refractivity contribution in [3.63, 3.8) is 0 Å². The summed E-state index contributed by atoms with van der Waals surface area (Å²) in [6.07, 6.45) is 11.3. The zero-order valence-corrected chi connectivity index (χ0v) is 28.6. The number of nitrogens with zero attached hydrogens (tertiary/aromatic N) is 6. The lowest BCUT2D eigenvalue weighted by Crippen LogP contribution is -1.96. The quantitative estimate of drug-likeness (QED) is 0.176. The average molecular weight is 661 g/mol. The van der Waals surface area contributed by atoms with Crippen LogP contribution in [0.4, 0.5) is 0 Å². The zero-order valence-electron chi connectivity index (χ0n) is 28.6. The highest BCUT2D eigenvalue weighted by Crippen LogP contribution is 2.38. The Morgan fingerprint density at radius 3 is 1.33 bits per heavy atom. The molecule has 0 N–H and O–H groups in total. The number of fused-ring (bicyclic) bond motifs is 12. The molecule has 7 heteroatoms. The van der Waals surface area contributed by atoms with Crippen molar-refractivity contribution in [3.05, 3.63) is 144 Å². The molecule has 7 nitrogen and oxygen atoms in total. The molecule has 0 saturated heterocycles. The standard InChI is InChI=1S/C44H32N6O/c1-25-7-5-8-26(2)39(25)29-11-13-33-37(19-29)49-17-15-45-43(49)35-21-31(23-47-41(33)35)51-32-22-36-42(48-24-32)34-14-12-30(40-27(3)9-6-10-28(40)4)20-38(34)50-18-16-46-44(36)50/h5-24H,1-4H3. The first kappa shape index (κ1) is 29.3. The van der Waals surface area contributed by atoms with Crippen LogP contribution in [0.1, 0.15) is 22.3 Å². The van der Waals surface area contributed by atoms with E-state index in [9.17, 15) is 0 Å². The number of aryl methyl sites for hydroxylation is 4. The fourth-order valence-corrected chi connectivity index (χ4v) is 8.02. The molecule has 0 aliphatic rings. The van der Waals surface area contributed by atoms with Crippen molar-refractivity contribution in [3.8, 4) is 33.8 Å². The van der Waals surface area contributed by atoms with Gasteiger partial charge in [0.2, 0.25) is 0 Å². The monoisotopic (exact) mass is 660 g/mol. The number of pyridine rings is 4. The van der Waals surface area contributed by atoms with E-state index in [0.717, 1.165) is 54.9 Å². The summed E-state index contributed by atoms with van der Waals surface area (Å²) < 4.78 is 10.8. The molecule has 0 aliphatic heterocycles. The van der Waals surface area contributed by atoms with E-state index in [0.29, 0.717) is 11.5 Å². The van der Waals surface area contributed by atoms with Crippen LogP contribution in [0.3, 0.4) is 0 Å². The van der Waals surface area contributed by atoms with E-state index in [4.69, 9.17) is 24.7 Å². The van der Waals surface area contributed by atoms with Crippen LogP contribution in [-0.4, -0.2) is 28.7 Å². The largest absolute Gasteiger partial charge is 0.454 e. The van der Waals surface area contributed by atoms with Gasteiger partial charge < -0.3 is 4.74 Å². The van der Waals surface area contributed by atoms with Crippen LogP contribution in [0.15, 0.2) is 122 Å². The van der Waals surface area contributed by atoms with Gasteiger partial charge >= 0.3 is 0 Å². The topological polar surface area (TPSA) is 69.6 Å². The van der Waals surface area contributed by atoms with Crippen molar-refractivity contribution in [1.29, 1.82) is 0 Å². The van der Waals surface area contributed by atoms with Gasteiger partial charge in [0.1, 0.15) is 22.8 Å². The molecule has 6 aromatic heterocycles. The minimum absolute atomic E-state index is 0.610. The lowest BCUT2D eigenvalue weighted by Gasteiger charge is -2.14. The summed E-state index contributed by atoms with van der Waals surface area (Å²) in [4.78, 5) is 19.4. The van der Waals surface area contributed by atoms with Crippen molar-refractivity contribution in [2.75, 3.05) is 0 Å². The Labute approximate surface area is 293 Å². The number of imidazole rings is 2. The van der Waals surface area contributed by atoms with Crippen LogP contribution in [0, 0.1) is 27.7 Å². The van der Waals surface area contributed by atoms with Gasteiger partial charge in [0.25, 0.3) is 0 Å². The summed E-state index contributed by atoms with van der Waals surface area (Å²) in [5.41, 5.74) is 15.4. The molecule has 0 radical (unpaired) electrons. The smallest absolute Gasteiger partial charge is 0.146 e. The van der Waals surface area contributed by atoms with Crippen molar-refractivity contribution in [2.45, 2.75) is 27.7 Å². The molecule has 0 amide bonds. The van der Waals surface area contributed by atoms with Crippen LogP contribution < -0.4 is 4.74 Å². The fraction of sp³-hybridized carbons (Fsp3) is 0.0909. The number of benzene rings is 4. The Bertz CT molecular complexity index is 2820. The first-order chi connectivity index (χ1) is 24.9. The van der Waals surface area contributed by atoms with Crippen LogP contribution in [0.5, 0.6) is 11.5 Å². The van der Waals surface area contributed by atoms with Crippen molar-refractivity contribution < 1.29 is 4.74 Å². The SMILES string of the molecule is Cc1cccc(C)c1-c1ccc2c3ncc(Oc4cnc5c6ccc(-c7c(C)cccc7C)cc6n6ccnc6c5c4)cc3c3nccn3c2c1. The summed E-state index contributed by atoms with van der Waals surface area (Å²) in [6.45, 7) is 8.65. The minimum Gasteiger partial charge on any atom is -0.454 e. The van der Waals surface area contributed by atoms with Crippen LogP contribution >= 0.6 is 0 Å². The second kappa shape index (κ2) is 11.0. The maximum Gasteiger partial charge on any atom is 0.146 e. The molecule has 0 saturated carbocycles. The van der Waals surface area contributed by atoms with Gasteiger partial charge in [-0.25, -0.2) is 9.97 Å². The van der Waals surface area contributed by atoms with Gasteiger partial charge in [-0.1, -0.05) is 60.7 Å².